The van der Waals surface area contributed by atoms with Crippen LogP contribution in [-0.4, -0.2) is 122 Å². The van der Waals surface area contributed by atoms with Gasteiger partial charge in [-0.15, -0.1) is 0 Å². The number of benzene rings is 1. The Morgan fingerprint density at radius 3 is 1.86 bits per heavy atom. The zero-order valence-corrected chi connectivity index (χ0v) is 34.0. The summed E-state index contributed by atoms with van der Waals surface area (Å²) < 4.78 is 6.16. The summed E-state index contributed by atoms with van der Waals surface area (Å²) in [5.41, 5.74) is 1.87. The molecule has 0 radical (unpaired) electrons. The van der Waals surface area contributed by atoms with Gasteiger partial charge >= 0.3 is 17.9 Å². The SMILES string of the molecule is CCC[C@H](NC(=O)[C@@H]1C[C@@H](OCc2ccccc2C)CN1C(=O)[C@@H](NC(=O)[C@@H](NC(=O)[C@H](CC(=O)O)NC(=O)[C@H](CC(=O)O)NC(C)=O)[C@@H](C)CC)C(C)C)C(=O)O. The molecule has 0 saturated carbocycles. The van der Waals surface area contributed by atoms with Gasteiger partial charge in [0.1, 0.15) is 36.3 Å². The van der Waals surface area contributed by atoms with Crippen molar-refractivity contribution in [1.29, 1.82) is 0 Å². The number of likely N-dealkylation sites (tertiary alicyclic amines) is 1. The lowest BCUT2D eigenvalue weighted by Crippen LogP contribution is -2.61. The van der Waals surface area contributed by atoms with Gasteiger partial charge in [-0.1, -0.05) is 71.7 Å². The highest BCUT2D eigenvalue weighted by atomic mass is 16.5. The van der Waals surface area contributed by atoms with Crippen LogP contribution in [0.1, 0.15) is 91.2 Å². The van der Waals surface area contributed by atoms with Crippen LogP contribution in [0.25, 0.3) is 0 Å². The van der Waals surface area contributed by atoms with E-state index in [0.29, 0.717) is 12.8 Å². The molecule has 6 amide bonds. The van der Waals surface area contributed by atoms with Crippen LogP contribution in [-0.2, 0) is 54.5 Å². The minimum atomic E-state index is -1.81. The fourth-order valence-corrected chi connectivity index (χ4v) is 6.38. The lowest BCUT2D eigenvalue weighted by Gasteiger charge is -2.33. The van der Waals surface area contributed by atoms with Crippen LogP contribution >= 0.6 is 0 Å². The standard InChI is InChI=1S/C39H58N6O13/c1-8-12-26(39(56)57)41-36(53)29-15-25(58-19-24-14-11-10-13-22(24)6)18-45(29)38(55)32(20(3)4)43-37(54)33(21(5)9-2)44-35(52)28(17-31(49)50)42-34(51)27(16-30(47)48)40-23(7)46/h10-11,13-14,20-21,25-29,32-33H,8-9,12,15-19H2,1-7H3,(H,40,46)(H,41,53)(H,42,51)(H,43,54)(H,44,52)(H,47,48)(H,49,50)(H,56,57)/t21-,25+,26-,27-,28-,29-,32-,33-/m0/s1. The van der Waals surface area contributed by atoms with Gasteiger partial charge in [0.25, 0.3) is 0 Å². The molecule has 58 heavy (non-hydrogen) atoms. The lowest BCUT2D eigenvalue weighted by atomic mass is 9.95. The molecule has 322 valence electrons. The number of nitrogens with zero attached hydrogens (tertiary/aromatic N) is 1. The third kappa shape index (κ3) is 14.7. The van der Waals surface area contributed by atoms with Crippen molar-refractivity contribution < 1.29 is 63.2 Å². The highest BCUT2D eigenvalue weighted by Crippen LogP contribution is 2.25. The average molecular weight is 819 g/mol. The Bertz CT molecular complexity index is 1650. The molecule has 0 aromatic heterocycles. The van der Waals surface area contributed by atoms with Gasteiger partial charge in [0.2, 0.25) is 35.4 Å². The fraction of sp³-hybridized carbons (Fsp3) is 0.615. The summed E-state index contributed by atoms with van der Waals surface area (Å²) >= 11 is 0. The molecule has 1 aliphatic rings. The fourth-order valence-electron chi connectivity index (χ4n) is 6.38. The van der Waals surface area contributed by atoms with E-state index < -0.39 is 120 Å². The van der Waals surface area contributed by atoms with Gasteiger partial charge in [-0.2, -0.15) is 0 Å². The number of nitrogens with one attached hydrogen (secondary N) is 5. The van der Waals surface area contributed by atoms with E-state index in [1.165, 1.54) is 4.90 Å². The summed E-state index contributed by atoms with van der Waals surface area (Å²) in [6.07, 6.45) is -1.50. The Morgan fingerprint density at radius 1 is 0.776 bits per heavy atom. The zero-order valence-electron chi connectivity index (χ0n) is 34.0. The molecule has 1 aromatic rings. The molecule has 8 atom stereocenters. The minimum absolute atomic E-state index is 0.0399. The van der Waals surface area contributed by atoms with Crippen LogP contribution in [0.15, 0.2) is 24.3 Å². The number of hydrogen-bond acceptors (Lipinski definition) is 10. The largest absolute Gasteiger partial charge is 0.481 e. The number of carboxylic acid groups (broad SMARTS) is 3. The second kappa shape index (κ2) is 23.0. The van der Waals surface area contributed by atoms with Crippen LogP contribution in [0.4, 0.5) is 0 Å². The number of aryl methyl sites for hydroxylation is 1. The molecule has 1 aliphatic heterocycles. The number of carbonyl (C=O) groups is 9. The molecule has 0 unspecified atom stereocenters. The molecule has 1 saturated heterocycles. The third-order valence-corrected chi connectivity index (χ3v) is 9.88. The third-order valence-electron chi connectivity index (χ3n) is 9.88. The predicted octanol–water partition coefficient (Wildman–Crippen LogP) is 0.461. The van der Waals surface area contributed by atoms with Gasteiger partial charge in [-0.05, 0) is 36.3 Å². The number of hydrogen-bond donors (Lipinski definition) is 8. The first kappa shape index (κ1) is 48.6. The topological polar surface area (TPSA) is 287 Å². The van der Waals surface area contributed by atoms with Crippen molar-refractivity contribution in [3.63, 3.8) is 0 Å². The molecular weight excluding hydrogens is 760 g/mol. The maximum atomic E-state index is 14.4. The number of aliphatic carboxylic acids is 3. The first-order valence-electron chi connectivity index (χ1n) is 19.3. The summed E-state index contributed by atoms with van der Waals surface area (Å²) in [6, 6.07) is -0.918. The van der Waals surface area contributed by atoms with E-state index in [1.54, 1.807) is 34.6 Å². The molecule has 19 heteroatoms. The average Bonchev–Trinajstić information content (AvgIpc) is 3.58. The second-order valence-electron chi connectivity index (χ2n) is 14.9. The highest BCUT2D eigenvalue weighted by Gasteiger charge is 2.45. The summed E-state index contributed by atoms with van der Waals surface area (Å²) in [4.78, 5) is 116. The Morgan fingerprint density at radius 2 is 1.34 bits per heavy atom. The maximum Gasteiger partial charge on any atom is 0.326 e. The van der Waals surface area contributed by atoms with E-state index in [4.69, 9.17) is 4.74 Å². The first-order chi connectivity index (χ1) is 27.2. The highest BCUT2D eigenvalue weighted by molar-refractivity contribution is 5.98. The van der Waals surface area contributed by atoms with E-state index in [0.717, 1.165) is 18.1 Å². The van der Waals surface area contributed by atoms with E-state index in [1.807, 2.05) is 31.2 Å². The van der Waals surface area contributed by atoms with Crippen molar-refractivity contribution in [3.05, 3.63) is 35.4 Å². The number of carbonyl (C=O) groups excluding carboxylic acids is 6. The number of ether oxygens (including phenoxy) is 1. The van der Waals surface area contributed by atoms with Crippen LogP contribution in [0, 0.1) is 18.8 Å². The van der Waals surface area contributed by atoms with E-state index >= 15 is 0 Å². The Hall–Kier alpha value is -5.59. The van der Waals surface area contributed by atoms with Gasteiger partial charge in [-0.3, -0.25) is 38.4 Å². The summed E-state index contributed by atoms with van der Waals surface area (Å²) in [6.45, 7) is 11.5. The number of rotatable bonds is 23. The predicted molar refractivity (Wildman–Crippen MR) is 207 cm³/mol. The van der Waals surface area contributed by atoms with Gasteiger partial charge < -0.3 is 51.5 Å². The summed E-state index contributed by atoms with van der Waals surface area (Å²) in [5, 5.41) is 40.4. The van der Waals surface area contributed by atoms with Crippen molar-refractivity contribution in [2.45, 2.75) is 136 Å². The minimum Gasteiger partial charge on any atom is -0.481 e. The van der Waals surface area contributed by atoms with Crippen molar-refractivity contribution >= 4 is 53.4 Å². The van der Waals surface area contributed by atoms with Crippen molar-refractivity contribution in [1.82, 2.24) is 31.5 Å². The summed E-state index contributed by atoms with van der Waals surface area (Å²) in [7, 11) is 0. The van der Waals surface area contributed by atoms with Gasteiger partial charge in [0, 0.05) is 19.9 Å². The Kier molecular flexibility index (Phi) is 19.2. The molecular formula is C39H58N6O13. The molecule has 0 aliphatic carbocycles. The maximum absolute atomic E-state index is 14.4. The Balaban J connectivity index is 2.40. The molecule has 8 N–H and O–H groups in total. The second-order valence-corrected chi connectivity index (χ2v) is 14.9. The van der Waals surface area contributed by atoms with Crippen LogP contribution < -0.4 is 26.6 Å². The normalized spacial score (nSPS) is 18.1. The molecule has 19 nitrogen and oxygen atoms in total. The summed E-state index contributed by atoms with van der Waals surface area (Å²) in [5.74, 6) is -10.6. The molecule has 1 heterocycles. The molecule has 1 fully saturated rings. The van der Waals surface area contributed by atoms with Crippen molar-refractivity contribution in [2.75, 3.05) is 6.54 Å². The van der Waals surface area contributed by atoms with Crippen molar-refractivity contribution in [2.24, 2.45) is 11.8 Å². The molecule has 2 rings (SSSR count). The number of amides is 6. The van der Waals surface area contributed by atoms with Crippen molar-refractivity contribution in [3.8, 4) is 0 Å². The number of carboxylic acids is 3. The molecule has 0 bridgehead atoms. The van der Waals surface area contributed by atoms with Gasteiger partial charge in [0.15, 0.2) is 0 Å². The monoisotopic (exact) mass is 818 g/mol. The quantitative estimate of drug-likeness (QED) is 0.0746. The van der Waals surface area contributed by atoms with Gasteiger partial charge in [0.05, 0.1) is 25.6 Å². The van der Waals surface area contributed by atoms with E-state index in [2.05, 4.69) is 26.6 Å². The van der Waals surface area contributed by atoms with E-state index in [-0.39, 0.29) is 26.0 Å². The van der Waals surface area contributed by atoms with E-state index in [9.17, 15) is 58.5 Å². The van der Waals surface area contributed by atoms with Crippen LogP contribution in [0.3, 0.4) is 0 Å². The Labute approximate surface area is 337 Å². The smallest absolute Gasteiger partial charge is 0.326 e. The van der Waals surface area contributed by atoms with Crippen LogP contribution in [0.5, 0.6) is 0 Å². The van der Waals surface area contributed by atoms with Crippen LogP contribution in [0.2, 0.25) is 0 Å². The zero-order chi connectivity index (χ0) is 43.9. The van der Waals surface area contributed by atoms with Gasteiger partial charge in [-0.25, -0.2) is 4.79 Å². The lowest BCUT2D eigenvalue weighted by molar-refractivity contribution is -0.146. The molecule has 0 spiro atoms. The molecule has 1 aromatic carbocycles. The first-order valence-corrected chi connectivity index (χ1v) is 19.3.